The second-order valence-corrected chi connectivity index (χ2v) is 8.41. The molecule has 4 bridgehead atoms. The molecule has 4 fully saturated rings. The molecule has 0 atom stereocenters. The molecule has 0 unspecified atom stereocenters. The number of carbonyl (C=O) groups excluding carboxylic acids is 2. The zero-order valence-electron chi connectivity index (χ0n) is 15.5. The Kier molecular flexibility index (Phi) is 4.86. The van der Waals surface area contributed by atoms with Gasteiger partial charge in [-0.3, -0.25) is 9.78 Å². The predicted octanol–water partition coefficient (Wildman–Crippen LogP) is 2.95. The van der Waals surface area contributed by atoms with E-state index in [1.54, 1.807) is 12.1 Å². The maximum Gasteiger partial charge on any atom is 0.338 e. The van der Waals surface area contributed by atoms with E-state index in [-0.39, 0.29) is 18.1 Å². The van der Waals surface area contributed by atoms with Crippen LogP contribution in [-0.4, -0.2) is 40.5 Å². The average Bonchev–Trinajstić information content (AvgIpc) is 2.66. The van der Waals surface area contributed by atoms with Crippen molar-refractivity contribution in [2.75, 3.05) is 13.2 Å². The SMILES string of the molecule is N#CCCN(C(=O)COC(=O)c1ccncc1)C12CC3CC(CC(C3)C1)C2. The lowest BCUT2D eigenvalue weighted by Gasteiger charge is -2.60. The van der Waals surface area contributed by atoms with Crippen LogP contribution in [0, 0.1) is 29.1 Å². The molecule has 4 aliphatic rings. The molecule has 5 rings (SSSR count). The van der Waals surface area contributed by atoms with Gasteiger partial charge in [0.1, 0.15) is 0 Å². The lowest BCUT2D eigenvalue weighted by Crippen LogP contribution is -2.62. The number of nitriles is 1. The maximum absolute atomic E-state index is 13.0. The van der Waals surface area contributed by atoms with Crippen molar-refractivity contribution >= 4 is 11.9 Å². The van der Waals surface area contributed by atoms with Crippen molar-refractivity contribution in [1.29, 1.82) is 5.26 Å². The highest BCUT2D eigenvalue weighted by atomic mass is 16.5. The van der Waals surface area contributed by atoms with E-state index >= 15 is 0 Å². The molecule has 0 spiro atoms. The molecule has 1 aromatic rings. The van der Waals surface area contributed by atoms with Crippen LogP contribution in [0.3, 0.4) is 0 Å². The van der Waals surface area contributed by atoms with Crippen molar-refractivity contribution in [1.82, 2.24) is 9.88 Å². The number of aromatic nitrogens is 1. The molecule has 6 nitrogen and oxygen atoms in total. The molecular weight excluding hydrogens is 342 g/mol. The number of amides is 1. The number of carbonyl (C=O) groups is 2. The van der Waals surface area contributed by atoms with E-state index < -0.39 is 5.97 Å². The summed E-state index contributed by atoms with van der Waals surface area (Å²) >= 11 is 0. The van der Waals surface area contributed by atoms with Crippen LogP contribution in [-0.2, 0) is 9.53 Å². The Hall–Kier alpha value is -2.42. The standard InChI is InChI=1S/C21H25N3O3/c22-4-1-7-24(19(25)14-27-20(26)18-2-5-23-6-3-18)21-11-15-8-16(12-21)10-17(9-15)13-21/h2-3,5-6,15-17H,1,7-14H2. The van der Waals surface area contributed by atoms with Gasteiger partial charge in [0.15, 0.2) is 6.61 Å². The van der Waals surface area contributed by atoms with Crippen LogP contribution in [0.1, 0.15) is 55.3 Å². The van der Waals surface area contributed by atoms with Crippen LogP contribution in [0.5, 0.6) is 0 Å². The molecule has 142 valence electrons. The zero-order valence-corrected chi connectivity index (χ0v) is 15.5. The average molecular weight is 367 g/mol. The van der Waals surface area contributed by atoms with E-state index in [0.717, 1.165) is 19.3 Å². The molecule has 6 heteroatoms. The highest BCUT2D eigenvalue weighted by molar-refractivity contribution is 5.91. The molecule has 1 amide bonds. The largest absolute Gasteiger partial charge is 0.452 e. The van der Waals surface area contributed by atoms with Crippen LogP contribution in [0.4, 0.5) is 0 Å². The van der Waals surface area contributed by atoms with E-state index in [0.29, 0.717) is 36.3 Å². The monoisotopic (exact) mass is 367 g/mol. The summed E-state index contributed by atoms with van der Waals surface area (Å²) in [6.07, 6.45) is 10.3. The number of hydrogen-bond acceptors (Lipinski definition) is 5. The molecular formula is C21H25N3O3. The minimum absolute atomic E-state index is 0.133. The van der Waals surface area contributed by atoms with E-state index in [1.165, 1.54) is 31.7 Å². The molecule has 0 radical (unpaired) electrons. The highest BCUT2D eigenvalue weighted by Crippen LogP contribution is 2.57. The lowest BCUT2D eigenvalue weighted by atomic mass is 9.52. The minimum Gasteiger partial charge on any atom is -0.452 e. The van der Waals surface area contributed by atoms with Gasteiger partial charge in [0.05, 0.1) is 18.1 Å². The van der Waals surface area contributed by atoms with E-state index in [9.17, 15) is 9.59 Å². The lowest BCUT2D eigenvalue weighted by molar-refractivity contribution is -0.153. The fourth-order valence-corrected chi connectivity index (χ4v) is 5.96. The van der Waals surface area contributed by atoms with E-state index in [2.05, 4.69) is 11.1 Å². The zero-order chi connectivity index (χ0) is 18.9. The summed E-state index contributed by atoms with van der Waals surface area (Å²) < 4.78 is 5.27. The van der Waals surface area contributed by atoms with E-state index in [4.69, 9.17) is 10.00 Å². The summed E-state index contributed by atoms with van der Waals surface area (Å²) in [7, 11) is 0. The Labute approximate surface area is 159 Å². The molecule has 4 saturated carbocycles. The summed E-state index contributed by atoms with van der Waals surface area (Å²) in [5.74, 6) is 1.42. The Morgan fingerprint density at radius 2 is 1.74 bits per heavy atom. The maximum atomic E-state index is 13.0. The number of hydrogen-bond donors (Lipinski definition) is 0. The van der Waals surface area contributed by atoms with E-state index in [1.807, 2.05) is 4.90 Å². The van der Waals surface area contributed by atoms with Gasteiger partial charge < -0.3 is 9.64 Å². The Balaban J connectivity index is 1.46. The number of rotatable bonds is 6. The van der Waals surface area contributed by atoms with Crippen molar-refractivity contribution in [2.45, 2.75) is 50.5 Å². The van der Waals surface area contributed by atoms with Crippen LogP contribution >= 0.6 is 0 Å². The van der Waals surface area contributed by atoms with Crippen molar-refractivity contribution in [3.63, 3.8) is 0 Å². The van der Waals surface area contributed by atoms with Crippen LogP contribution in [0.15, 0.2) is 24.5 Å². The fraction of sp³-hybridized carbons (Fsp3) is 0.619. The summed E-state index contributed by atoms with van der Waals surface area (Å²) in [6.45, 7) is 0.155. The van der Waals surface area contributed by atoms with Gasteiger partial charge in [-0.1, -0.05) is 0 Å². The second-order valence-electron chi connectivity index (χ2n) is 8.41. The van der Waals surface area contributed by atoms with Crippen molar-refractivity contribution in [3.05, 3.63) is 30.1 Å². The van der Waals surface area contributed by atoms with Gasteiger partial charge in [-0.2, -0.15) is 5.26 Å². The third-order valence-electron chi connectivity index (χ3n) is 6.57. The van der Waals surface area contributed by atoms with Crippen LogP contribution in [0.25, 0.3) is 0 Å². The topological polar surface area (TPSA) is 83.3 Å². The first-order valence-electron chi connectivity index (χ1n) is 9.84. The number of esters is 1. The van der Waals surface area contributed by atoms with Crippen molar-refractivity contribution in [2.24, 2.45) is 17.8 Å². The first-order valence-corrected chi connectivity index (χ1v) is 9.84. The molecule has 0 N–H and O–H groups in total. The third-order valence-corrected chi connectivity index (χ3v) is 6.57. The van der Waals surface area contributed by atoms with Gasteiger partial charge in [-0.25, -0.2) is 4.79 Å². The second kappa shape index (κ2) is 7.30. The molecule has 1 aromatic heterocycles. The van der Waals surface area contributed by atoms with Crippen LogP contribution < -0.4 is 0 Å². The normalized spacial score (nSPS) is 30.6. The van der Waals surface area contributed by atoms with Gasteiger partial charge in [-0.05, 0) is 68.4 Å². The van der Waals surface area contributed by atoms with Gasteiger partial charge >= 0.3 is 5.97 Å². The summed E-state index contributed by atoms with van der Waals surface area (Å²) in [5.41, 5.74) is 0.252. The molecule has 1 heterocycles. The van der Waals surface area contributed by atoms with Gasteiger partial charge in [-0.15, -0.1) is 0 Å². The molecule has 27 heavy (non-hydrogen) atoms. The summed E-state index contributed by atoms with van der Waals surface area (Å²) in [6, 6.07) is 5.30. The smallest absolute Gasteiger partial charge is 0.338 e. The molecule has 0 aromatic carbocycles. The summed E-state index contributed by atoms with van der Waals surface area (Å²) in [4.78, 5) is 31.0. The number of pyridine rings is 1. The Bertz CT molecular complexity index is 720. The first-order chi connectivity index (χ1) is 13.1. The van der Waals surface area contributed by atoms with Crippen molar-refractivity contribution in [3.8, 4) is 6.07 Å². The number of ether oxygens (including phenoxy) is 1. The van der Waals surface area contributed by atoms with Crippen LogP contribution in [0.2, 0.25) is 0 Å². The van der Waals surface area contributed by atoms with Crippen molar-refractivity contribution < 1.29 is 14.3 Å². The highest BCUT2D eigenvalue weighted by Gasteiger charge is 2.54. The quantitative estimate of drug-likeness (QED) is 0.722. The first kappa shape index (κ1) is 18.0. The van der Waals surface area contributed by atoms with Gasteiger partial charge in [0, 0.05) is 24.5 Å². The van der Waals surface area contributed by atoms with Gasteiger partial charge in [0.2, 0.25) is 0 Å². The fourth-order valence-electron chi connectivity index (χ4n) is 5.96. The predicted molar refractivity (Wildman–Crippen MR) is 97.4 cm³/mol. The minimum atomic E-state index is -0.517. The molecule has 0 aliphatic heterocycles. The Morgan fingerprint density at radius 1 is 1.15 bits per heavy atom. The molecule has 4 aliphatic carbocycles. The van der Waals surface area contributed by atoms with Gasteiger partial charge in [0.25, 0.3) is 5.91 Å². The third kappa shape index (κ3) is 3.55. The summed E-state index contributed by atoms with van der Waals surface area (Å²) in [5, 5.41) is 9.07. The number of nitrogens with zero attached hydrogens (tertiary/aromatic N) is 3. The molecule has 0 saturated heterocycles. The Morgan fingerprint density at radius 3 is 2.30 bits per heavy atom.